The van der Waals surface area contributed by atoms with E-state index in [0.29, 0.717) is 16.8 Å². The summed E-state index contributed by atoms with van der Waals surface area (Å²) in [7, 11) is 0. The molecule has 6 N–H and O–H groups in total. The lowest BCUT2D eigenvalue weighted by Gasteiger charge is -2.25. The number of nitrogens with one attached hydrogen (secondary N) is 5. The van der Waals surface area contributed by atoms with Crippen LogP contribution in [0.1, 0.15) is 49.6 Å². The first-order valence-corrected chi connectivity index (χ1v) is 19.9. The number of hydrogen-bond acceptors (Lipinski definition) is 9. The van der Waals surface area contributed by atoms with Crippen molar-refractivity contribution in [3.05, 3.63) is 125 Å². The quantitative estimate of drug-likeness (QED) is 0.0858. The summed E-state index contributed by atoms with van der Waals surface area (Å²) in [4.78, 5) is 94.2. The fraction of sp³-hybridized carbons (Fsp3) is 0.295. The third kappa shape index (κ3) is 13.8. The van der Waals surface area contributed by atoms with Gasteiger partial charge in [-0.05, 0) is 72.7 Å². The van der Waals surface area contributed by atoms with Gasteiger partial charge < -0.3 is 36.4 Å². The highest BCUT2D eigenvalue weighted by Gasteiger charge is 2.32. The number of thiophene rings is 1. The summed E-state index contributed by atoms with van der Waals surface area (Å²) in [6.45, 7) is 4.96. The average Bonchev–Trinajstić information content (AvgIpc) is 3.71. The van der Waals surface area contributed by atoms with Crippen LogP contribution in [-0.2, 0) is 57.6 Å². The Morgan fingerprint density at radius 1 is 0.729 bits per heavy atom. The minimum atomic E-state index is -1.61. The van der Waals surface area contributed by atoms with Crippen molar-refractivity contribution >= 4 is 58.5 Å². The Bertz CT molecular complexity index is 2150. The molecule has 4 atom stereocenters. The number of hydrogen-bond donors (Lipinski definition) is 6. The fourth-order valence-electron chi connectivity index (χ4n) is 6.12. The van der Waals surface area contributed by atoms with Gasteiger partial charge in [0.15, 0.2) is 0 Å². The first kappa shape index (κ1) is 43.5. The van der Waals surface area contributed by atoms with E-state index in [1.807, 2.05) is 47.8 Å². The minimum absolute atomic E-state index is 0.0653. The topological polar surface area (TPSA) is 209 Å². The maximum Gasteiger partial charge on any atom is 0.331 e. The number of ether oxygens (including phenoxy) is 1. The molecule has 3 heterocycles. The van der Waals surface area contributed by atoms with Crippen LogP contribution in [0.2, 0.25) is 0 Å². The maximum absolute atomic E-state index is 14.3. The zero-order valence-corrected chi connectivity index (χ0v) is 33.7. The highest BCUT2D eigenvalue weighted by molar-refractivity contribution is 7.09. The van der Waals surface area contributed by atoms with Gasteiger partial charge in [-0.3, -0.25) is 24.0 Å². The number of rotatable bonds is 8. The molecule has 308 valence electrons. The van der Waals surface area contributed by atoms with E-state index in [1.165, 1.54) is 11.3 Å². The van der Waals surface area contributed by atoms with Gasteiger partial charge in [0.05, 0.1) is 0 Å². The number of carboxylic acids is 1. The van der Waals surface area contributed by atoms with Crippen LogP contribution < -0.4 is 26.6 Å². The van der Waals surface area contributed by atoms with E-state index in [-0.39, 0.29) is 32.1 Å². The second-order valence-corrected chi connectivity index (χ2v) is 16.0. The van der Waals surface area contributed by atoms with Crippen LogP contribution in [0.3, 0.4) is 0 Å². The van der Waals surface area contributed by atoms with Crippen molar-refractivity contribution in [3.63, 3.8) is 0 Å². The predicted octanol–water partition coefficient (Wildman–Crippen LogP) is 4.10. The van der Waals surface area contributed by atoms with E-state index in [2.05, 4.69) is 26.6 Å². The summed E-state index contributed by atoms with van der Waals surface area (Å²) in [6.07, 6.45) is 1.45. The Morgan fingerprint density at radius 2 is 1.37 bits per heavy atom. The van der Waals surface area contributed by atoms with Gasteiger partial charge in [0.25, 0.3) is 0 Å². The molecule has 3 aromatic carbocycles. The van der Waals surface area contributed by atoms with Crippen LogP contribution in [-0.4, -0.2) is 76.3 Å². The van der Waals surface area contributed by atoms with Crippen LogP contribution in [0.15, 0.2) is 109 Å². The molecule has 5 amide bonds. The highest BCUT2D eigenvalue weighted by atomic mass is 32.1. The molecule has 0 saturated heterocycles. The Morgan fingerprint density at radius 3 is 2.02 bits per heavy atom. The Balaban J connectivity index is 1.51. The van der Waals surface area contributed by atoms with E-state index in [9.17, 15) is 38.7 Å². The number of fused-ring (bicyclic) bond motifs is 18. The van der Waals surface area contributed by atoms with E-state index >= 15 is 0 Å². The average molecular weight is 822 g/mol. The second kappa shape index (κ2) is 20.2. The lowest BCUT2D eigenvalue weighted by atomic mass is 9.99. The standard InChI is InChI=1S/C44H47N5O9S/c1-44(2,3)58-39(52)22-19-33-40(53)49-36(43(56)57)25-28-13-17-31(18-14-28)45-37(50)20-21-38(51)46-35(26-32-10-7-23-59-32)42(55)48-34(41(54)47-33)24-27-11-15-30(16-12-27)29-8-5-4-6-9-29/h4-19,22-23,33-36H,20-21,24-26H2,1-3H3,(H,45,50)(H,46,51)(H,47,54)(H,48,55)(H,49,53)(H,56,57). The van der Waals surface area contributed by atoms with Gasteiger partial charge in [-0.1, -0.05) is 72.8 Å². The minimum Gasteiger partial charge on any atom is -0.480 e. The number of benzene rings is 3. The molecule has 2 aliphatic heterocycles. The third-order valence-electron chi connectivity index (χ3n) is 9.05. The summed E-state index contributed by atoms with van der Waals surface area (Å²) >= 11 is 1.37. The number of carboxylic acid groups (broad SMARTS) is 1. The molecule has 0 spiro atoms. The molecule has 2 bridgehead atoms. The molecule has 15 heteroatoms. The Hall–Kier alpha value is -6.61. The zero-order chi connectivity index (χ0) is 42.5. The first-order valence-electron chi connectivity index (χ1n) is 19.0. The molecule has 14 nitrogen and oxygen atoms in total. The van der Waals surface area contributed by atoms with Gasteiger partial charge >= 0.3 is 11.9 Å². The summed E-state index contributed by atoms with van der Waals surface area (Å²) in [5.41, 5.74) is 2.54. The number of carbonyl (C=O) groups is 7. The van der Waals surface area contributed by atoms with E-state index in [0.717, 1.165) is 28.2 Å². The molecule has 59 heavy (non-hydrogen) atoms. The van der Waals surface area contributed by atoms with Crippen molar-refractivity contribution in [1.29, 1.82) is 0 Å². The first-order chi connectivity index (χ1) is 28.1. The molecule has 6 rings (SSSR count). The number of carbonyl (C=O) groups excluding carboxylic acids is 6. The predicted molar refractivity (Wildman–Crippen MR) is 222 cm³/mol. The van der Waals surface area contributed by atoms with Crippen molar-refractivity contribution in [1.82, 2.24) is 21.3 Å². The van der Waals surface area contributed by atoms with Gasteiger partial charge in [0.2, 0.25) is 29.5 Å². The van der Waals surface area contributed by atoms with Gasteiger partial charge in [-0.15, -0.1) is 11.3 Å². The monoisotopic (exact) mass is 821 g/mol. The summed E-state index contributed by atoms with van der Waals surface area (Å²) in [5.74, 6) is -5.73. The lowest BCUT2D eigenvalue weighted by molar-refractivity contribution is -0.148. The molecule has 2 aliphatic rings. The molecule has 1 aromatic heterocycles. The highest BCUT2D eigenvalue weighted by Crippen LogP contribution is 2.20. The second-order valence-electron chi connectivity index (χ2n) is 15.0. The molecular formula is C44H47N5O9S. The number of esters is 1. The Labute approximate surface area is 345 Å². The van der Waals surface area contributed by atoms with Crippen LogP contribution >= 0.6 is 11.3 Å². The normalized spacial score (nSPS) is 20.0. The van der Waals surface area contributed by atoms with E-state index in [4.69, 9.17) is 4.74 Å². The third-order valence-corrected chi connectivity index (χ3v) is 9.95. The molecule has 4 aromatic rings. The zero-order valence-electron chi connectivity index (χ0n) is 32.9. The number of aliphatic carboxylic acids is 1. The Kier molecular flexibility index (Phi) is 14.9. The van der Waals surface area contributed by atoms with Crippen LogP contribution in [0.25, 0.3) is 11.1 Å². The van der Waals surface area contributed by atoms with Crippen LogP contribution in [0.4, 0.5) is 5.69 Å². The summed E-state index contributed by atoms with van der Waals surface area (Å²) in [6, 6.07) is 21.3. The molecule has 0 saturated carbocycles. The number of amides is 5. The number of anilines is 1. The summed E-state index contributed by atoms with van der Waals surface area (Å²) in [5, 5.41) is 25.1. The van der Waals surface area contributed by atoms with Gasteiger partial charge in [-0.2, -0.15) is 0 Å². The van der Waals surface area contributed by atoms with Crippen molar-refractivity contribution in [2.45, 2.75) is 82.6 Å². The van der Waals surface area contributed by atoms with Crippen molar-refractivity contribution < 1.29 is 43.4 Å². The van der Waals surface area contributed by atoms with E-state index < -0.39 is 71.2 Å². The summed E-state index contributed by atoms with van der Waals surface area (Å²) < 4.78 is 5.35. The molecule has 4 unspecified atom stereocenters. The van der Waals surface area contributed by atoms with Crippen molar-refractivity contribution in [3.8, 4) is 11.1 Å². The van der Waals surface area contributed by atoms with Crippen LogP contribution in [0, 0.1) is 0 Å². The molecular weight excluding hydrogens is 775 g/mol. The molecule has 0 fully saturated rings. The largest absolute Gasteiger partial charge is 0.480 e. The van der Waals surface area contributed by atoms with E-state index in [1.54, 1.807) is 69.3 Å². The maximum atomic E-state index is 14.3. The van der Waals surface area contributed by atoms with Gasteiger partial charge in [0, 0.05) is 48.7 Å². The van der Waals surface area contributed by atoms with Crippen molar-refractivity contribution in [2.24, 2.45) is 0 Å². The van der Waals surface area contributed by atoms with Crippen LogP contribution in [0.5, 0.6) is 0 Å². The SMILES string of the molecule is CC(C)(C)OC(=O)C=CC1NC(=O)C(Cc2ccc(-c3ccccc3)cc2)NC(=O)C(Cc2cccs2)NC(=O)CCC(=O)Nc2ccc(cc2)CC(C(=O)O)NC1=O. The van der Waals surface area contributed by atoms with Crippen molar-refractivity contribution in [2.75, 3.05) is 5.32 Å². The van der Waals surface area contributed by atoms with Gasteiger partial charge in [-0.25, -0.2) is 9.59 Å². The molecule has 0 radical (unpaired) electrons. The fourth-order valence-corrected chi connectivity index (χ4v) is 6.88. The smallest absolute Gasteiger partial charge is 0.331 e. The molecule has 0 aliphatic carbocycles. The lowest BCUT2D eigenvalue weighted by Crippen LogP contribution is -2.58. The van der Waals surface area contributed by atoms with Gasteiger partial charge in [0.1, 0.15) is 29.8 Å².